The molecule has 3 amide bonds. The lowest BCUT2D eigenvalue weighted by Gasteiger charge is -2.27. The SMILES string of the molecule is CN(Cc1ccc(Cl)s1)C(=O)CCCN1C(=O)c2cccc3cccc(c23)C1=O. The number of amides is 3. The quantitative estimate of drug-likeness (QED) is 0.541. The third kappa shape index (κ3) is 3.78. The van der Waals surface area contributed by atoms with Crippen LogP contribution < -0.4 is 0 Å². The van der Waals surface area contributed by atoms with Gasteiger partial charge in [-0.15, -0.1) is 11.3 Å². The second-order valence-corrected chi connectivity index (χ2v) is 8.83. The van der Waals surface area contributed by atoms with Crippen molar-refractivity contribution in [1.29, 1.82) is 0 Å². The van der Waals surface area contributed by atoms with Crippen LogP contribution in [0.5, 0.6) is 0 Å². The van der Waals surface area contributed by atoms with Crippen molar-refractivity contribution in [3.63, 3.8) is 0 Å². The summed E-state index contributed by atoms with van der Waals surface area (Å²) in [5, 5.41) is 1.60. The first kappa shape index (κ1) is 19.6. The van der Waals surface area contributed by atoms with Crippen LogP contribution >= 0.6 is 22.9 Å². The lowest BCUT2D eigenvalue weighted by molar-refractivity contribution is -0.130. The molecule has 148 valence electrons. The molecule has 0 unspecified atom stereocenters. The number of imide groups is 1. The second-order valence-electron chi connectivity index (χ2n) is 7.03. The molecule has 1 aliphatic rings. The van der Waals surface area contributed by atoms with Crippen LogP contribution in [0.25, 0.3) is 10.8 Å². The van der Waals surface area contributed by atoms with Crippen molar-refractivity contribution in [3.8, 4) is 0 Å². The Morgan fingerprint density at radius 1 is 1.03 bits per heavy atom. The van der Waals surface area contributed by atoms with E-state index in [4.69, 9.17) is 11.6 Å². The maximum absolute atomic E-state index is 12.9. The number of benzene rings is 2. The predicted octanol–water partition coefficient (Wildman–Crippen LogP) is 4.59. The Kier molecular flexibility index (Phi) is 5.39. The van der Waals surface area contributed by atoms with Crippen molar-refractivity contribution in [2.24, 2.45) is 0 Å². The van der Waals surface area contributed by atoms with E-state index >= 15 is 0 Å². The Morgan fingerprint density at radius 2 is 1.69 bits per heavy atom. The van der Waals surface area contributed by atoms with Crippen LogP contribution in [0.1, 0.15) is 38.4 Å². The fourth-order valence-electron chi connectivity index (χ4n) is 3.62. The lowest BCUT2D eigenvalue weighted by Crippen LogP contribution is -2.41. The summed E-state index contributed by atoms with van der Waals surface area (Å²) in [4.78, 5) is 42.1. The van der Waals surface area contributed by atoms with Gasteiger partial charge in [0.25, 0.3) is 11.8 Å². The summed E-state index contributed by atoms with van der Waals surface area (Å²) < 4.78 is 0.693. The largest absolute Gasteiger partial charge is 0.341 e. The van der Waals surface area contributed by atoms with Crippen molar-refractivity contribution >= 4 is 51.4 Å². The topological polar surface area (TPSA) is 57.7 Å². The predicted molar refractivity (Wildman–Crippen MR) is 114 cm³/mol. The van der Waals surface area contributed by atoms with Crippen molar-refractivity contribution in [2.45, 2.75) is 19.4 Å². The van der Waals surface area contributed by atoms with Gasteiger partial charge in [-0.1, -0.05) is 35.9 Å². The number of nitrogens with zero attached hydrogens (tertiary/aromatic N) is 2. The zero-order valence-electron chi connectivity index (χ0n) is 15.9. The van der Waals surface area contributed by atoms with E-state index < -0.39 is 0 Å². The fraction of sp³-hybridized carbons (Fsp3) is 0.227. The molecular weight excluding hydrogens is 408 g/mol. The van der Waals surface area contributed by atoms with Crippen molar-refractivity contribution < 1.29 is 14.4 Å². The van der Waals surface area contributed by atoms with Crippen molar-refractivity contribution in [1.82, 2.24) is 9.80 Å². The number of hydrogen-bond donors (Lipinski definition) is 0. The number of hydrogen-bond acceptors (Lipinski definition) is 4. The Bertz CT molecular complexity index is 1070. The fourth-order valence-corrected chi connectivity index (χ4v) is 4.76. The van der Waals surface area contributed by atoms with Gasteiger partial charge < -0.3 is 4.90 Å². The van der Waals surface area contributed by atoms with Gasteiger partial charge in [-0.05, 0) is 36.1 Å². The molecule has 0 saturated heterocycles. The molecule has 7 heteroatoms. The van der Waals surface area contributed by atoms with E-state index in [0.29, 0.717) is 33.8 Å². The van der Waals surface area contributed by atoms with Crippen LogP contribution in [0.2, 0.25) is 4.34 Å². The van der Waals surface area contributed by atoms with Gasteiger partial charge in [0, 0.05) is 41.4 Å². The summed E-state index contributed by atoms with van der Waals surface area (Å²) in [6.45, 7) is 0.708. The van der Waals surface area contributed by atoms with Gasteiger partial charge in [-0.25, -0.2) is 0 Å². The molecular formula is C22H19ClN2O3S. The summed E-state index contributed by atoms with van der Waals surface area (Å²) in [7, 11) is 1.74. The van der Waals surface area contributed by atoms with Gasteiger partial charge in [0.15, 0.2) is 0 Å². The molecule has 0 N–H and O–H groups in total. The third-order valence-electron chi connectivity index (χ3n) is 5.08. The smallest absolute Gasteiger partial charge is 0.261 e. The highest BCUT2D eigenvalue weighted by Crippen LogP contribution is 2.30. The number of halogens is 1. The van der Waals surface area contributed by atoms with E-state index in [1.54, 1.807) is 24.1 Å². The third-order valence-corrected chi connectivity index (χ3v) is 6.29. The van der Waals surface area contributed by atoms with Gasteiger partial charge in [0.05, 0.1) is 10.9 Å². The summed E-state index contributed by atoms with van der Waals surface area (Å²) in [5.41, 5.74) is 1.08. The van der Waals surface area contributed by atoms with Gasteiger partial charge in [0.1, 0.15) is 0 Å². The first-order valence-electron chi connectivity index (χ1n) is 9.32. The van der Waals surface area contributed by atoms with E-state index in [1.807, 2.05) is 36.4 Å². The Morgan fingerprint density at radius 3 is 2.28 bits per heavy atom. The first-order valence-corrected chi connectivity index (χ1v) is 10.5. The summed E-state index contributed by atoms with van der Waals surface area (Å²) in [6.07, 6.45) is 0.683. The zero-order chi connectivity index (χ0) is 20.5. The molecule has 29 heavy (non-hydrogen) atoms. The zero-order valence-corrected chi connectivity index (χ0v) is 17.4. The molecule has 5 nitrogen and oxygen atoms in total. The molecule has 0 radical (unpaired) electrons. The molecule has 2 aromatic carbocycles. The summed E-state index contributed by atoms with van der Waals surface area (Å²) >= 11 is 7.38. The Labute approximate surface area is 177 Å². The number of carbonyl (C=O) groups is 3. The van der Waals surface area contributed by atoms with Crippen LogP contribution in [0.15, 0.2) is 48.5 Å². The highest BCUT2D eigenvalue weighted by Gasteiger charge is 2.32. The maximum Gasteiger partial charge on any atom is 0.261 e. The van der Waals surface area contributed by atoms with Crippen molar-refractivity contribution in [3.05, 3.63) is 68.9 Å². The molecule has 4 rings (SSSR count). The number of rotatable bonds is 6. The van der Waals surface area contributed by atoms with Crippen LogP contribution in [0.3, 0.4) is 0 Å². The average Bonchev–Trinajstić information content (AvgIpc) is 3.12. The number of thiophene rings is 1. The summed E-state index contributed by atoms with van der Waals surface area (Å²) in [6, 6.07) is 14.6. The molecule has 0 bridgehead atoms. The van der Waals surface area contributed by atoms with E-state index in [1.165, 1.54) is 16.2 Å². The summed E-state index contributed by atoms with van der Waals surface area (Å²) in [5.74, 6) is -0.629. The van der Waals surface area contributed by atoms with Crippen LogP contribution in [-0.4, -0.2) is 41.1 Å². The van der Waals surface area contributed by atoms with E-state index in [2.05, 4.69) is 0 Å². The minimum absolute atomic E-state index is 0.0334. The molecule has 2 heterocycles. The second kappa shape index (κ2) is 7.97. The van der Waals surface area contributed by atoms with Gasteiger partial charge in [-0.2, -0.15) is 0 Å². The van der Waals surface area contributed by atoms with Gasteiger partial charge in [-0.3, -0.25) is 19.3 Å². The molecule has 0 fully saturated rings. The van der Waals surface area contributed by atoms with Crippen LogP contribution in [0.4, 0.5) is 0 Å². The molecule has 0 saturated carbocycles. The molecule has 0 spiro atoms. The average molecular weight is 427 g/mol. The van der Waals surface area contributed by atoms with Crippen LogP contribution in [0, 0.1) is 0 Å². The maximum atomic E-state index is 12.9. The van der Waals surface area contributed by atoms with E-state index in [9.17, 15) is 14.4 Å². The first-order chi connectivity index (χ1) is 14.0. The molecule has 1 aromatic heterocycles. The minimum atomic E-state index is -0.298. The van der Waals surface area contributed by atoms with Crippen LogP contribution in [-0.2, 0) is 11.3 Å². The molecule has 1 aliphatic heterocycles. The highest BCUT2D eigenvalue weighted by molar-refractivity contribution is 7.16. The highest BCUT2D eigenvalue weighted by atomic mass is 35.5. The van der Waals surface area contributed by atoms with Gasteiger partial charge in [0.2, 0.25) is 5.91 Å². The molecule has 0 aliphatic carbocycles. The minimum Gasteiger partial charge on any atom is -0.341 e. The molecule has 0 atom stereocenters. The Hall–Kier alpha value is -2.70. The standard InChI is InChI=1S/C22H19ClN2O3S/c1-24(13-15-10-11-18(23)29-15)19(26)9-4-12-25-21(27)16-7-2-5-14-6-3-8-17(20(14)16)22(25)28/h2-3,5-8,10-11H,4,9,12-13H2,1H3. The van der Waals surface area contributed by atoms with E-state index in [0.717, 1.165) is 10.3 Å². The molecule has 3 aromatic rings. The van der Waals surface area contributed by atoms with Crippen molar-refractivity contribution in [2.75, 3.05) is 13.6 Å². The normalized spacial score (nSPS) is 13.2. The monoisotopic (exact) mass is 426 g/mol. The van der Waals surface area contributed by atoms with Gasteiger partial charge >= 0.3 is 0 Å². The van der Waals surface area contributed by atoms with E-state index in [-0.39, 0.29) is 30.7 Å². The Balaban J connectivity index is 1.41. The lowest BCUT2D eigenvalue weighted by atomic mass is 9.94. The number of carbonyl (C=O) groups excluding carboxylic acids is 3.